The summed E-state index contributed by atoms with van der Waals surface area (Å²) in [6, 6.07) is 13.2. The van der Waals surface area contributed by atoms with Crippen LogP contribution in [0.15, 0.2) is 42.5 Å². The highest BCUT2D eigenvalue weighted by Crippen LogP contribution is 2.24. The largest absolute Gasteiger partial charge is 0.497 e. The first-order valence-electron chi connectivity index (χ1n) is 9.24. The van der Waals surface area contributed by atoms with Gasteiger partial charge in [0.15, 0.2) is 0 Å². The summed E-state index contributed by atoms with van der Waals surface area (Å²) in [5, 5.41) is 0. The highest BCUT2D eigenvalue weighted by Gasteiger charge is 2.20. The van der Waals surface area contributed by atoms with Gasteiger partial charge in [0.05, 0.1) is 14.2 Å². The zero-order chi connectivity index (χ0) is 19.9. The molecule has 0 aliphatic carbocycles. The standard InChI is InChI=1S/C22H26N2O4/c1-23-10-12-24(13-11-23)22(25)28-19-8-6-17(7-9-19)4-5-18-14-20(26-2)16-21(15-18)27-3/h4-9,14-16H,10-13H2,1-3H3/b5-4+. The number of likely N-dealkylation sites (N-methyl/N-ethyl adjacent to an activating group) is 1. The molecular formula is C22H26N2O4. The quantitative estimate of drug-likeness (QED) is 0.740. The molecule has 1 fully saturated rings. The summed E-state index contributed by atoms with van der Waals surface area (Å²) in [4.78, 5) is 16.2. The Morgan fingerprint density at radius 1 is 0.821 bits per heavy atom. The van der Waals surface area contributed by atoms with Crippen molar-refractivity contribution in [1.82, 2.24) is 9.80 Å². The van der Waals surface area contributed by atoms with Gasteiger partial charge in [-0.05, 0) is 42.4 Å². The number of nitrogens with zero attached hydrogens (tertiary/aromatic N) is 2. The fourth-order valence-corrected chi connectivity index (χ4v) is 2.92. The Labute approximate surface area is 165 Å². The fourth-order valence-electron chi connectivity index (χ4n) is 2.92. The van der Waals surface area contributed by atoms with Gasteiger partial charge < -0.3 is 24.0 Å². The maximum absolute atomic E-state index is 12.2. The van der Waals surface area contributed by atoms with Crippen LogP contribution < -0.4 is 14.2 Å². The SMILES string of the molecule is COc1cc(/C=C/c2ccc(OC(=O)N3CCN(C)CC3)cc2)cc(OC)c1. The van der Waals surface area contributed by atoms with Gasteiger partial charge in [0.2, 0.25) is 0 Å². The molecule has 0 atom stereocenters. The summed E-state index contributed by atoms with van der Waals surface area (Å²) in [5.41, 5.74) is 1.97. The molecule has 1 amide bonds. The van der Waals surface area contributed by atoms with Gasteiger partial charge in [0.1, 0.15) is 17.2 Å². The minimum absolute atomic E-state index is 0.292. The zero-order valence-corrected chi connectivity index (χ0v) is 16.6. The van der Waals surface area contributed by atoms with E-state index in [-0.39, 0.29) is 6.09 Å². The second-order valence-electron chi connectivity index (χ2n) is 6.71. The number of hydrogen-bond donors (Lipinski definition) is 0. The number of carbonyl (C=O) groups is 1. The van der Waals surface area contributed by atoms with Crippen molar-refractivity contribution in [3.8, 4) is 17.2 Å². The average molecular weight is 382 g/mol. The molecular weight excluding hydrogens is 356 g/mol. The van der Waals surface area contributed by atoms with Crippen molar-refractivity contribution in [2.45, 2.75) is 0 Å². The molecule has 1 saturated heterocycles. The van der Waals surface area contributed by atoms with Gasteiger partial charge in [0, 0.05) is 32.2 Å². The predicted molar refractivity (Wildman–Crippen MR) is 110 cm³/mol. The highest BCUT2D eigenvalue weighted by atomic mass is 16.6. The summed E-state index contributed by atoms with van der Waals surface area (Å²) >= 11 is 0. The van der Waals surface area contributed by atoms with Crippen molar-refractivity contribution >= 4 is 18.2 Å². The number of benzene rings is 2. The van der Waals surface area contributed by atoms with Crippen LogP contribution in [0.1, 0.15) is 11.1 Å². The highest BCUT2D eigenvalue weighted by molar-refractivity contribution is 5.73. The van der Waals surface area contributed by atoms with Crippen LogP contribution in [0.5, 0.6) is 17.2 Å². The lowest BCUT2D eigenvalue weighted by Crippen LogP contribution is -2.48. The number of carbonyl (C=O) groups excluding carboxylic acids is 1. The van der Waals surface area contributed by atoms with Gasteiger partial charge in [-0.25, -0.2) is 4.79 Å². The molecule has 1 aliphatic rings. The minimum atomic E-state index is -0.292. The van der Waals surface area contributed by atoms with E-state index in [0.29, 0.717) is 18.8 Å². The summed E-state index contributed by atoms with van der Waals surface area (Å²) in [6.45, 7) is 3.13. The molecule has 0 aromatic heterocycles. The van der Waals surface area contributed by atoms with E-state index >= 15 is 0 Å². The van der Waals surface area contributed by atoms with E-state index in [9.17, 15) is 4.79 Å². The predicted octanol–water partition coefficient (Wildman–Crippen LogP) is 3.62. The maximum atomic E-state index is 12.2. The van der Waals surface area contributed by atoms with Crippen LogP contribution in [0.25, 0.3) is 12.2 Å². The second-order valence-corrected chi connectivity index (χ2v) is 6.71. The molecule has 0 radical (unpaired) electrons. The fraction of sp³-hybridized carbons (Fsp3) is 0.318. The lowest BCUT2D eigenvalue weighted by molar-refractivity contribution is 0.120. The molecule has 6 heteroatoms. The third-order valence-electron chi connectivity index (χ3n) is 4.69. The Morgan fingerprint density at radius 2 is 1.39 bits per heavy atom. The van der Waals surface area contributed by atoms with Gasteiger partial charge in [-0.3, -0.25) is 0 Å². The molecule has 2 aromatic carbocycles. The number of rotatable bonds is 5. The maximum Gasteiger partial charge on any atom is 0.415 e. The van der Waals surface area contributed by atoms with E-state index in [1.807, 2.05) is 42.5 Å². The first-order valence-corrected chi connectivity index (χ1v) is 9.24. The van der Waals surface area contributed by atoms with Crippen LogP contribution in [0.4, 0.5) is 4.79 Å². The van der Waals surface area contributed by atoms with E-state index in [1.165, 1.54) is 0 Å². The Hall–Kier alpha value is -2.99. The summed E-state index contributed by atoms with van der Waals surface area (Å²) in [6.07, 6.45) is 3.68. The molecule has 3 rings (SSSR count). The van der Waals surface area contributed by atoms with Crippen LogP contribution in [0.3, 0.4) is 0 Å². The molecule has 1 aliphatic heterocycles. The van der Waals surface area contributed by atoms with E-state index in [0.717, 1.165) is 35.7 Å². The normalized spacial score (nSPS) is 14.9. The Balaban J connectivity index is 1.61. The van der Waals surface area contributed by atoms with Crippen LogP contribution in [0, 0.1) is 0 Å². The second kappa shape index (κ2) is 9.28. The van der Waals surface area contributed by atoms with Crippen LogP contribution in [0.2, 0.25) is 0 Å². The van der Waals surface area contributed by atoms with Gasteiger partial charge >= 0.3 is 6.09 Å². The van der Waals surface area contributed by atoms with Crippen LogP contribution >= 0.6 is 0 Å². The van der Waals surface area contributed by atoms with Crippen molar-refractivity contribution in [3.63, 3.8) is 0 Å². The van der Waals surface area contributed by atoms with Gasteiger partial charge in [-0.1, -0.05) is 24.3 Å². The van der Waals surface area contributed by atoms with Crippen LogP contribution in [-0.4, -0.2) is 63.3 Å². The van der Waals surface area contributed by atoms with E-state index in [2.05, 4.69) is 11.9 Å². The first kappa shape index (κ1) is 19.8. The Kier molecular flexibility index (Phi) is 6.55. The number of hydrogen-bond acceptors (Lipinski definition) is 5. The van der Waals surface area contributed by atoms with Crippen molar-refractivity contribution in [2.24, 2.45) is 0 Å². The first-order chi connectivity index (χ1) is 13.6. The van der Waals surface area contributed by atoms with Gasteiger partial charge in [-0.15, -0.1) is 0 Å². The molecule has 0 bridgehead atoms. The van der Waals surface area contributed by atoms with Crippen molar-refractivity contribution in [2.75, 3.05) is 47.4 Å². The molecule has 1 heterocycles. The Morgan fingerprint density at radius 3 is 1.96 bits per heavy atom. The smallest absolute Gasteiger partial charge is 0.415 e. The molecule has 0 unspecified atom stereocenters. The topological polar surface area (TPSA) is 51.2 Å². The summed E-state index contributed by atoms with van der Waals surface area (Å²) < 4.78 is 16.1. The monoisotopic (exact) mass is 382 g/mol. The molecule has 2 aromatic rings. The number of methoxy groups -OCH3 is 2. The zero-order valence-electron chi connectivity index (χ0n) is 16.6. The van der Waals surface area contributed by atoms with Gasteiger partial charge in [-0.2, -0.15) is 0 Å². The molecule has 0 saturated carbocycles. The van der Waals surface area contributed by atoms with Crippen molar-refractivity contribution in [1.29, 1.82) is 0 Å². The van der Waals surface area contributed by atoms with E-state index < -0.39 is 0 Å². The third-order valence-corrected chi connectivity index (χ3v) is 4.69. The third kappa shape index (κ3) is 5.27. The summed E-state index contributed by atoms with van der Waals surface area (Å²) in [5.74, 6) is 2.03. The van der Waals surface area contributed by atoms with E-state index in [4.69, 9.17) is 14.2 Å². The lowest BCUT2D eigenvalue weighted by Gasteiger charge is -2.31. The van der Waals surface area contributed by atoms with Crippen molar-refractivity contribution in [3.05, 3.63) is 53.6 Å². The van der Waals surface area contributed by atoms with Crippen LogP contribution in [-0.2, 0) is 0 Å². The van der Waals surface area contributed by atoms with Gasteiger partial charge in [0.25, 0.3) is 0 Å². The Bertz CT molecular complexity index is 803. The minimum Gasteiger partial charge on any atom is -0.497 e. The number of ether oxygens (including phenoxy) is 3. The molecule has 6 nitrogen and oxygen atoms in total. The molecule has 148 valence electrons. The van der Waals surface area contributed by atoms with Crippen molar-refractivity contribution < 1.29 is 19.0 Å². The lowest BCUT2D eigenvalue weighted by atomic mass is 10.1. The summed E-state index contributed by atoms with van der Waals surface area (Å²) in [7, 11) is 5.31. The number of amides is 1. The van der Waals surface area contributed by atoms with E-state index in [1.54, 1.807) is 31.3 Å². The average Bonchev–Trinajstić information content (AvgIpc) is 2.73. The molecule has 0 N–H and O–H groups in total. The number of piperazine rings is 1. The molecule has 28 heavy (non-hydrogen) atoms. The molecule has 0 spiro atoms.